The number of nitrogens with one attached hydrogen (secondary N) is 1. The summed E-state index contributed by atoms with van der Waals surface area (Å²) in [5, 5.41) is 2.56. The highest BCUT2D eigenvalue weighted by Gasteiger charge is 2.17. The molecule has 2 atom stereocenters. The Hall–Kier alpha value is -1.88. The van der Waals surface area contributed by atoms with E-state index in [9.17, 15) is 13.6 Å². The van der Waals surface area contributed by atoms with E-state index >= 15 is 0 Å². The topological polar surface area (TPSA) is 29.1 Å². The van der Waals surface area contributed by atoms with Crippen molar-refractivity contribution in [2.24, 2.45) is 0 Å². The number of benzene rings is 2. The number of rotatable bonds is 7. The highest BCUT2D eigenvalue weighted by Crippen LogP contribution is 2.25. The zero-order chi connectivity index (χ0) is 17.5. The summed E-state index contributed by atoms with van der Waals surface area (Å²) in [6.45, 7) is 4.40. The maximum Gasteiger partial charge on any atom is 0.233 e. The van der Waals surface area contributed by atoms with Crippen molar-refractivity contribution < 1.29 is 13.6 Å². The van der Waals surface area contributed by atoms with E-state index < -0.39 is 11.6 Å². The minimum absolute atomic E-state index is 0.112. The highest BCUT2D eigenvalue weighted by atomic mass is 32.2. The molecule has 0 unspecified atom stereocenters. The van der Waals surface area contributed by atoms with Gasteiger partial charge in [0.15, 0.2) is 11.6 Å². The molecule has 128 valence electrons. The molecule has 1 amide bonds. The lowest BCUT2D eigenvalue weighted by molar-refractivity contribution is -0.120. The molecule has 24 heavy (non-hydrogen) atoms. The van der Waals surface area contributed by atoms with Crippen LogP contribution in [0.15, 0.2) is 53.4 Å². The van der Waals surface area contributed by atoms with Crippen molar-refractivity contribution in [3.05, 3.63) is 65.7 Å². The van der Waals surface area contributed by atoms with E-state index in [2.05, 4.69) is 24.4 Å². The van der Waals surface area contributed by atoms with E-state index in [1.807, 2.05) is 18.2 Å². The minimum atomic E-state index is -0.900. The Morgan fingerprint density at radius 2 is 1.83 bits per heavy atom. The summed E-state index contributed by atoms with van der Waals surface area (Å²) in [5.41, 5.74) is 1.20. The summed E-state index contributed by atoms with van der Waals surface area (Å²) in [4.78, 5) is 12.8. The zero-order valence-corrected chi connectivity index (χ0v) is 14.6. The number of carbonyl (C=O) groups excluding carboxylic acids is 1. The van der Waals surface area contributed by atoms with Crippen LogP contribution in [-0.4, -0.2) is 17.7 Å². The average molecular weight is 349 g/mol. The first-order valence-corrected chi connectivity index (χ1v) is 8.83. The fraction of sp³-hybridized carbons (Fsp3) is 0.316. The summed E-state index contributed by atoms with van der Waals surface area (Å²) in [5.74, 6) is -1.64. The van der Waals surface area contributed by atoms with Crippen LogP contribution in [0.2, 0.25) is 0 Å². The van der Waals surface area contributed by atoms with E-state index in [-0.39, 0.29) is 17.1 Å². The molecule has 2 aromatic carbocycles. The molecular formula is C19H21F2NOS. The van der Waals surface area contributed by atoms with Crippen molar-refractivity contribution >= 4 is 17.7 Å². The predicted octanol–water partition coefficient (Wildman–Crippen LogP) is 4.76. The molecule has 0 saturated carbocycles. The highest BCUT2D eigenvalue weighted by molar-refractivity contribution is 8.00. The van der Waals surface area contributed by atoms with Gasteiger partial charge in [0.25, 0.3) is 0 Å². The van der Waals surface area contributed by atoms with Crippen LogP contribution in [0.5, 0.6) is 0 Å². The molecule has 0 heterocycles. The van der Waals surface area contributed by atoms with E-state index in [1.165, 1.54) is 23.4 Å². The molecule has 0 aromatic heterocycles. The van der Waals surface area contributed by atoms with Crippen LogP contribution in [-0.2, 0) is 4.79 Å². The normalized spacial score (nSPS) is 13.3. The van der Waals surface area contributed by atoms with Crippen molar-refractivity contribution in [1.29, 1.82) is 0 Å². The average Bonchev–Trinajstić information content (AvgIpc) is 2.59. The Balaban J connectivity index is 1.90. The monoisotopic (exact) mass is 349 g/mol. The largest absolute Gasteiger partial charge is 0.355 e. The summed E-state index contributed by atoms with van der Waals surface area (Å²) < 4.78 is 26.2. The second kappa shape index (κ2) is 8.83. The van der Waals surface area contributed by atoms with Gasteiger partial charge in [-0.15, -0.1) is 11.8 Å². The summed E-state index contributed by atoms with van der Waals surface area (Å²) in [6.07, 6.45) is 0.926. The molecule has 0 fully saturated rings. The van der Waals surface area contributed by atoms with Crippen LogP contribution in [0.1, 0.15) is 31.7 Å². The van der Waals surface area contributed by atoms with Gasteiger partial charge in [-0.25, -0.2) is 8.78 Å². The standard InChI is InChI=1S/C19H21F2NOS/c1-3-14(15-7-5-4-6-8-15)12-22-19(23)13(2)24-16-9-10-17(20)18(21)11-16/h4-11,13-14H,3,12H2,1-2H3,(H,22,23)/t13-,14-/m1/s1. The third-order valence-electron chi connectivity index (χ3n) is 3.86. The van der Waals surface area contributed by atoms with Gasteiger partial charge in [-0.05, 0) is 37.1 Å². The number of halogens is 2. The van der Waals surface area contributed by atoms with Gasteiger partial charge in [0.2, 0.25) is 5.91 Å². The van der Waals surface area contributed by atoms with Gasteiger partial charge in [0.1, 0.15) is 0 Å². The first kappa shape index (κ1) is 18.5. The van der Waals surface area contributed by atoms with Crippen molar-refractivity contribution in [3.63, 3.8) is 0 Å². The van der Waals surface area contributed by atoms with Crippen LogP contribution >= 0.6 is 11.8 Å². The van der Waals surface area contributed by atoms with Crippen LogP contribution in [0, 0.1) is 11.6 Å². The third kappa shape index (κ3) is 5.06. The molecule has 2 aromatic rings. The molecule has 5 heteroatoms. The Bertz CT molecular complexity index is 678. The predicted molar refractivity (Wildman–Crippen MR) is 94.2 cm³/mol. The molecule has 0 radical (unpaired) electrons. The summed E-state index contributed by atoms with van der Waals surface area (Å²) in [7, 11) is 0. The number of amides is 1. The van der Waals surface area contributed by atoms with Gasteiger partial charge < -0.3 is 5.32 Å². The molecule has 2 rings (SSSR count). The van der Waals surface area contributed by atoms with Gasteiger partial charge in [0, 0.05) is 17.4 Å². The third-order valence-corrected chi connectivity index (χ3v) is 4.95. The van der Waals surface area contributed by atoms with Crippen LogP contribution in [0.3, 0.4) is 0 Å². The Labute approximate surface area is 145 Å². The lowest BCUT2D eigenvalue weighted by atomic mass is 9.96. The number of hydrogen-bond donors (Lipinski definition) is 1. The lowest BCUT2D eigenvalue weighted by Crippen LogP contribution is -2.34. The number of carbonyl (C=O) groups is 1. The molecule has 0 bridgehead atoms. The van der Waals surface area contributed by atoms with Crippen molar-refractivity contribution in [2.45, 2.75) is 36.3 Å². The fourth-order valence-corrected chi connectivity index (χ4v) is 3.32. The Morgan fingerprint density at radius 3 is 2.46 bits per heavy atom. The van der Waals surface area contributed by atoms with Crippen molar-refractivity contribution in [3.8, 4) is 0 Å². The summed E-state index contributed by atoms with van der Waals surface area (Å²) in [6, 6.07) is 13.7. The van der Waals surface area contributed by atoms with E-state index in [0.29, 0.717) is 11.4 Å². The van der Waals surface area contributed by atoms with Crippen molar-refractivity contribution in [2.75, 3.05) is 6.54 Å². The quantitative estimate of drug-likeness (QED) is 0.731. The molecule has 0 spiro atoms. The first-order chi connectivity index (χ1) is 11.5. The van der Waals surface area contributed by atoms with E-state index in [1.54, 1.807) is 6.92 Å². The molecule has 1 N–H and O–H groups in total. The van der Waals surface area contributed by atoms with Crippen molar-refractivity contribution in [1.82, 2.24) is 5.32 Å². The van der Waals surface area contributed by atoms with Gasteiger partial charge in [-0.1, -0.05) is 37.3 Å². The van der Waals surface area contributed by atoms with Crippen LogP contribution in [0.25, 0.3) is 0 Å². The Morgan fingerprint density at radius 1 is 1.12 bits per heavy atom. The van der Waals surface area contributed by atoms with E-state index in [4.69, 9.17) is 0 Å². The maximum atomic E-state index is 13.2. The van der Waals surface area contributed by atoms with E-state index in [0.717, 1.165) is 18.6 Å². The lowest BCUT2D eigenvalue weighted by Gasteiger charge is -2.18. The molecular weight excluding hydrogens is 328 g/mol. The van der Waals surface area contributed by atoms with Gasteiger partial charge in [0.05, 0.1) is 5.25 Å². The molecule has 0 aliphatic heterocycles. The molecule has 0 aliphatic carbocycles. The zero-order valence-electron chi connectivity index (χ0n) is 13.8. The molecule has 0 aliphatic rings. The van der Waals surface area contributed by atoms with Crippen LogP contribution < -0.4 is 5.32 Å². The second-order valence-corrected chi connectivity index (χ2v) is 7.01. The van der Waals surface area contributed by atoms with Gasteiger partial charge in [-0.2, -0.15) is 0 Å². The maximum absolute atomic E-state index is 13.2. The summed E-state index contributed by atoms with van der Waals surface area (Å²) >= 11 is 1.21. The first-order valence-electron chi connectivity index (χ1n) is 7.95. The SMILES string of the molecule is CC[C@H](CNC(=O)[C@@H](C)Sc1ccc(F)c(F)c1)c1ccccc1. The number of hydrogen-bond acceptors (Lipinski definition) is 2. The molecule has 2 nitrogen and oxygen atoms in total. The minimum Gasteiger partial charge on any atom is -0.355 e. The van der Waals surface area contributed by atoms with Crippen LogP contribution in [0.4, 0.5) is 8.78 Å². The van der Waals surface area contributed by atoms with Gasteiger partial charge in [-0.3, -0.25) is 4.79 Å². The molecule has 0 saturated heterocycles. The van der Waals surface area contributed by atoms with Gasteiger partial charge >= 0.3 is 0 Å². The number of thioether (sulfide) groups is 1. The Kier molecular flexibility index (Phi) is 6.79. The fourth-order valence-electron chi connectivity index (χ4n) is 2.40. The smallest absolute Gasteiger partial charge is 0.233 e. The second-order valence-electron chi connectivity index (χ2n) is 5.60.